The van der Waals surface area contributed by atoms with Crippen molar-refractivity contribution in [2.45, 2.75) is 33.1 Å². The molecule has 3 rings (SSSR count). The van der Waals surface area contributed by atoms with Crippen LogP contribution in [0.25, 0.3) is 0 Å². The Morgan fingerprint density at radius 3 is 2.62 bits per heavy atom. The summed E-state index contributed by atoms with van der Waals surface area (Å²) in [5.41, 5.74) is 3.83. The van der Waals surface area contributed by atoms with E-state index in [9.17, 15) is 22.8 Å². The molecule has 9 nitrogen and oxygen atoms in total. The number of anilines is 1. The highest BCUT2D eigenvalue weighted by atomic mass is 35.5. The van der Waals surface area contributed by atoms with Gasteiger partial charge in [-0.15, -0.1) is 23.8 Å². The fourth-order valence-electron chi connectivity index (χ4n) is 2.48. The van der Waals surface area contributed by atoms with Crippen molar-refractivity contribution in [3.05, 3.63) is 22.7 Å². The fourth-order valence-corrected chi connectivity index (χ4v) is 2.77. The summed E-state index contributed by atoms with van der Waals surface area (Å²) in [7, 11) is 0. The Morgan fingerprint density at radius 1 is 1.34 bits per heavy atom. The van der Waals surface area contributed by atoms with Crippen LogP contribution in [0.4, 0.5) is 18.9 Å². The number of guanidine groups is 1. The average Bonchev–Trinajstić information content (AvgIpc) is 3.23. The van der Waals surface area contributed by atoms with Gasteiger partial charge in [-0.2, -0.15) is 0 Å². The summed E-state index contributed by atoms with van der Waals surface area (Å²) in [5, 5.41) is 9.77. The lowest BCUT2D eigenvalue weighted by Crippen LogP contribution is -2.47. The molecule has 1 aromatic rings. The van der Waals surface area contributed by atoms with Crippen LogP contribution >= 0.6 is 11.6 Å². The van der Waals surface area contributed by atoms with Crippen molar-refractivity contribution >= 4 is 35.1 Å². The van der Waals surface area contributed by atoms with E-state index >= 15 is 0 Å². The average molecular weight is 435 g/mol. The largest absolute Gasteiger partial charge is 0.573 e. The van der Waals surface area contributed by atoms with Crippen LogP contribution in [0.15, 0.2) is 17.2 Å². The zero-order chi connectivity index (χ0) is 21.4. The SMILES string of the molecule is CCN1NNN=C1NC(=O)c1ccc(OC(F)(F)F)c(NC(=O)C2(C)CC2)c1Cl. The Morgan fingerprint density at radius 2 is 2.03 bits per heavy atom. The van der Waals surface area contributed by atoms with Crippen molar-refractivity contribution in [1.82, 2.24) is 21.4 Å². The summed E-state index contributed by atoms with van der Waals surface area (Å²) in [6.07, 6.45) is -3.81. The number of hydrogen-bond acceptors (Lipinski definition) is 7. The molecule has 1 aromatic carbocycles. The maximum Gasteiger partial charge on any atom is 0.573 e. The zero-order valence-corrected chi connectivity index (χ0v) is 16.2. The van der Waals surface area contributed by atoms with Crippen LogP contribution in [0.2, 0.25) is 5.02 Å². The van der Waals surface area contributed by atoms with Gasteiger partial charge in [-0.25, -0.2) is 5.53 Å². The number of alkyl halides is 3. The third-order valence-corrected chi connectivity index (χ3v) is 4.90. The highest BCUT2D eigenvalue weighted by molar-refractivity contribution is 6.37. The molecule has 1 heterocycles. The molecule has 0 bridgehead atoms. The van der Waals surface area contributed by atoms with E-state index in [1.807, 2.05) is 0 Å². The number of benzene rings is 1. The smallest absolute Gasteiger partial charge is 0.404 e. The predicted molar refractivity (Wildman–Crippen MR) is 97.7 cm³/mol. The van der Waals surface area contributed by atoms with Crippen molar-refractivity contribution in [3.63, 3.8) is 0 Å². The van der Waals surface area contributed by atoms with E-state index in [4.69, 9.17) is 11.6 Å². The number of hydrazone groups is 1. The number of amides is 2. The Labute approximate surface area is 168 Å². The molecular weight excluding hydrogens is 417 g/mol. The Hall–Kier alpha value is -2.73. The Kier molecular flexibility index (Phi) is 5.50. The minimum Gasteiger partial charge on any atom is -0.404 e. The zero-order valence-electron chi connectivity index (χ0n) is 15.4. The number of halogens is 4. The van der Waals surface area contributed by atoms with E-state index in [-0.39, 0.29) is 16.5 Å². The van der Waals surface area contributed by atoms with Crippen LogP contribution in [0, 0.1) is 5.41 Å². The second-order valence-electron chi connectivity index (χ2n) is 6.72. The Balaban J connectivity index is 1.91. The third-order valence-electron chi connectivity index (χ3n) is 4.50. The molecule has 0 radical (unpaired) electrons. The normalized spacial score (nSPS) is 17.3. The molecule has 2 aliphatic rings. The van der Waals surface area contributed by atoms with E-state index in [1.54, 1.807) is 13.8 Å². The maximum atomic E-state index is 12.8. The summed E-state index contributed by atoms with van der Waals surface area (Å²) in [6, 6.07) is 1.99. The topological polar surface area (TPSA) is 107 Å². The van der Waals surface area contributed by atoms with Crippen LogP contribution < -0.4 is 26.4 Å². The molecule has 158 valence electrons. The summed E-state index contributed by atoms with van der Waals surface area (Å²) in [4.78, 5) is 25.0. The molecule has 13 heteroatoms. The van der Waals surface area contributed by atoms with E-state index in [2.05, 4.69) is 31.5 Å². The van der Waals surface area contributed by atoms with Gasteiger partial charge in [0.2, 0.25) is 11.9 Å². The molecule has 29 heavy (non-hydrogen) atoms. The van der Waals surface area contributed by atoms with Gasteiger partial charge in [0.05, 0.1) is 10.6 Å². The van der Waals surface area contributed by atoms with Crippen LogP contribution in [-0.2, 0) is 4.79 Å². The van der Waals surface area contributed by atoms with Gasteiger partial charge < -0.3 is 10.1 Å². The molecule has 1 aliphatic heterocycles. The molecular formula is C16H18ClF3N6O3. The molecule has 1 fully saturated rings. The van der Waals surface area contributed by atoms with Gasteiger partial charge in [0, 0.05) is 12.0 Å². The number of hydrogen-bond donors (Lipinski definition) is 4. The lowest BCUT2D eigenvalue weighted by Gasteiger charge is -2.19. The number of rotatable bonds is 5. The van der Waals surface area contributed by atoms with Gasteiger partial charge in [0.1, 0.15) is 5.69 Å². The van der Waals surface area contributed by atoms with Crippen molar-refractivity contribution in [2.24, 2.45) is 10.5 Å². The van der Waals surface area contributed by atoms with E-state index in [0.717, 1.165) is 12.1 Å². The van der Waals surface area contributed by atoms with E-state index in [1.165, 1.54) is 5.01 Å². The first-order chi connectivity index (χ1) is 13.5. The minimum absolute atomic E-state index is 0.139. The first-order valence-corrected chi connectivity index (χ1v) is 8.99. The Bertz CT molecular complexity index is 872. The highest BCUT2D eigenvalue weighted by Crippen LogP contribution is 2.47. The highest BCUT2D eigenvalue weighted by Gasteiger charge is 2.45. The monoisotopic (exact) mass is 434 g/mol. The van der Waals surface area contributed by atoms with Gasteiger partial charge in [0.25, 0.3) is 5.91 Å². The standard InChI is InChI=1S/C16H18ClF3N6O3/c1-3-26-14(23-24-25-26)22-12(27)8-4-5-9(29-16(18,19)20)11(10(8)17)21-13(28)15(2)6-7-15/h4-5,24-25H,3,6-7H2,1-2H3,(H,21,28)(H,22,23,27). The van der Waals surface area contributed by atoms with Crippen molar-refractivity contribution in [2.75, 3.05) is 11.9 Å². The number of carbonyl (C=O) groups excluding carboxylic acids is 2. The van der Waals surface area contributed by atoms with E-state index < -0.39 is 35.0 Å². The minimum atomic E-state index is -5.01. The van der Waals surface area contributed by atoms with Crippen LogP contribution in [-0.4, -0.2) is 35.7 Å². The summed E-state index contributed by atoms with van der Waals surface area (Å²) < 4.78 is 42.2. The van der Waals surface area contributed by atoms with Crippen LogP contribution in [0.3, 0.4) is 0 Å². The van der Waals surface area contributed by atoms with Gasteiger partial charge in [-0.05, 0) is 31.9 Å². The molecule has 0 spiro atoms. The van der Waals surface area contributed by atoms with E-state index in [0.29, 0.717) is 19.4 Å². The molecule has 1 aliphatic carbocycles. The third kappa shape index (κ3) is 4.65. The number of nitrogens with one attached hydrogen (secondary N) is 4. The molecule has 0 unspecified atom stereocenters. The van der Waals surface area contributed by atoms with Gasteiger partial charge >= 0.3 is 6.36 Å². The maximum absolute atomic E-state index is 12.8. The summed E-state index contributed by atoms with van der Waals surface area (Å²) in [6.45, 7) is 3.93. The number of hydrazine groups is 2. The number of carbonyl (C=O) groups is 2. The lowest BCUT2D eigenvalue weighted by atomic mass is 10.1. The summed E-state index contributed by atoms with van der Waals surface area (Å²) in [5.74, 6) is -1.81. The summed E-state index contributed by atoms with van der Waals surface area (Å²) >= 11 is 6.20. The van der Waals surface area contributed by atoms with Crippen molar-refractivity contribution in [3.8, 4) is 5.75 Å². The van der Waals surface area contributed by atoms with Crippen LogP contribution in [0.5, 0.6) is 5.75 Å². The molecule has 2 amide bonds. The van der Waals surface area contributed by atoms with Gasteiger partial charge in [0.15, 0.2) is 5.75 Å². The molecule has 4 N–H and O–H groups in total. The molecule has 0 aromatic heterocycles. The van der Waals surface area contributed by atoms with Gasteiger partial charge in [-0.3, -0.25) is 19.9 Å². The molecule has 1 saturated carbocycles. The van der Waals surface area contributed by atoms with Crippen LogP contribution in [0.1, 0.15) is 37.0 Å². The first kappa shape index (κ1) is 21.0. The van der Waals surface area contributed by atoms with Crippen molar-refractivity contribution < 1.29 is 27.5 Å². The van der Waals surface area contributed by atoms with Crippen molar-refractivity contribution in [1.29, 1.82) is 0 Å². The fraction of sp³-hybridized carbons (Fsp3) is 0.438. The number of nitrogens with zero attached hydrogens (tertiary/aromatic N) is 2. The number of ether oxygens (including phenoxy) is 1. The quantitative estimate of drug-likeness (QED) is 0.566. The first-order valence-electron chi connectivity index (χ1n) is 8.61. The second kappa shape index (κ2) is 7.59. The molecule has 0 atom stereocenters. The van der Waals surface area contributed by atoms with Gasteiger partial charge in [-0.1, -0.05) is 18.5 Å². The lowest BCUT2D eigenvalue weighted by molar-refractivity contribution is -0.274. The predicted octanol–water partition coefficient (Wildman–Crippen LogP) is 2.32. The second-order valence-corrected chi connectivity index (χ2v) is 7.10. The molecule has 0 saturated heterocycles.